The monoisotopic (exact) mass is 363 g/mol. The van der Waals surface area contributed by atoms with Crippen molar-refractivity contribution >= 4 is 0 Å². The SMILES string of the molecule is C[C@H]1[C@@H]2CCc3c(nc(C#N)n3-c3ccccc3)[C@@]2(C)CCC12OCCO2. The van der Waals surface area contributed by atoms with Gasteiger partial charge < -0.3 is 9.47 Å². The van der Waals surface area contributed by atoms with E-state index in [1.54, 1.807) is 0 Å². The van der Waals surface area contributed by atoms with Crippen molar-refractivity contribution in [2.45, 2.75) is 50.7 Å². The molecule has 0 unspecified atom stereocenters. The Labute approximate surface area is 159 Å². The maximum atomic E-state index is 9.76. The number of imidazole rings is 1. The molecule has 1 spiro atoms. The minimum atomic E-state index is -0.415. The molecule has 2 heterocycles. The Hall–Kier alpha value is -2.16. The third kappa shape index (κ3) is 2.27. The van der Waals surface area contributed by atoms with Crippen molar-refractivity contribution in [3.63, 3.8) is 0 Å². The number of hydrogen-bond donors (Lipinski definition) is 0. The van der Waals surface area contributed by atoms with Gasteiger partial charge in [0.1, 0.15) is 6.07 Å². The lowest BCUT2D eigenvalue weighted by Crippen LogP contribution is -2.55. The molecule has 0 N–H and O–H groups in total. The Morgan fingerprint density at radius 3 is 2.63 bits per heavy atom. The van der Waals surface area contributed by atoms with E-state index in [4.69, 9.17) is 14.5 Å². The molecular weight excluding hydrogens is 338 g/mol. The van der Waals surface area contributed by atoms with Gasteiger partial charge in [0, 0.05) is 29.1 Å². The smallest absolute Gasteiger partial charge is 0.217 e. The number of nitrogens with zero attached hydrogens (tertiary/aromatic N) is 3. The molecule has 0 bridgehead atoms. The zero-order valence-corrected chi connectivity index (χ0v) is 15.9. The largest absolute Gasteiger partial charge is 0.347 e. The minimum Gasteiger partial charge on any atom is -0.347 e. The van der Waals surface area contributed by atoms with Crippen LogP contribution in [0, 0.1) is 23.2 Å². The van der Waals surface area contributed by atoms with Gasteiger partial charge in [-0.2, -0.15) is 5.26 Å². The van der Waals surface area contributed by atoms with Gasteiger partial charge in [0.25, 0.3) is 0 Å². The molecule has 2 aliphatic carbocycles. The van der Waals surface area contributed by atoms with Crippen LogP contribution in [-0.2, 0) is 21.3 Å². The van der Waals surface area contributed by atoms with Crippen LogP contribution in [0.4, 0.5) is 0 Å². The van der Waals surface area contributed by atoms with Gasteiger partial charge in [-0.15, -0.1) is 0 Å². The maximum absolute atomic E-state index is 9.76. The molecule has 0 amide bonds. The Morgan fingerprint density at radius 2 is 1.93 bits per heavy atom. The summed E-state index contributed by atoms with van der Waals surface area (Å²) in [5.41, 5.74) is 3.29. The highest BCUT2D eigenvalue weighted by molar-refractivity contribution is 5.44. The lowest BCUT2D eigenvalue weighted by molar-refractivity contribution is -0.234. The van der Waals surface area contributed by atoms with Gasteiger partial charge in [-0.05, 0) is 37.3 Å². The van der Waals surface area contributed by atoms with E-state index in [9.17, 15) is 5.26 Å². The van der Waals surface area contributed by atoms with E-state index in [1.165, 1.54) is 5.69 Å². The summed E-state index contributed by atoms with van der Waals surface area (Å²) in [7, 11) is 0. The second kappa shape index (κ2) is 5.92. The first-order chi connectivity index (χ1) is 13.1. The van der Waals surface area contributed by atoms with Crippen molar-refractivity contribution < 1.29 is 9.47 Å². The van der Waals surface area contributed by atoms with Crippen LogP contribution in [0.5, 0.6) is 0 Å². The summed E-state index contributed by atoms with van der Waals surface area (Å²) in [5.74, 6) is 0.845. The number of ether oxygens (including phenoxy) is 2. The first kappa shape index (κ1) is 17.0. The second-order valence-electron chi connectivity index (χ2n) is 8.37. The van der Waals surface area contributed by atoms with Gasteiger partial charge in [0.15, 0.2) is 5.79 Å². The third-order valence-corrected chi connectivity index (χ3v) is 7.20. The van der Waals surface area contributed by atoms with Crippen LogP contribution in [0.25, 0.3) is 5.69 Å². The molecule has 5 heteroatoms. The van der Waals surface area contributed by atoms with Crippen molar-refractivity contribution in [2.24, 2.45) is 11.8 Å². The average Bonchev–Trinajstić information content (AvgIpc) is 3.32. The van der Waals surface area contributed by atoms with Gasteiger partial charge >= 0.3 is 0 Å². The topological polar surface area (TPSA) is 60.1 Å². The van der Waals surface area contributed by atoms with Gasteiger partial charge in [0.2, 0.25) is 5.82 Å². The molecule has 1 saturated carbocycles. The number of fused-ring (bicyclic) bond motifs is 3. The summed E-state index contributed by atoms with van der Waals surface area (Å²) in [6.45, 7) is 6.00. The van der Waals surface area contributed by atoms with Crippen LogP contribution < -0.4 is 0 Å². The fourth-order valence-electron chi connectivity index (χ4n) is 5.81. The predicted molar refractivity (Wildman–Crippen MR) is 100 cm³/mol. The van der Waals surface area contributed by atoms with E-state index in [2.05, 4.69) is 36.6 Å². The summed E-state index contributed by atoms with van der Waals surface area (Å²) in [4.78, 5) is 4.87. The summed E-state index contributed by atoms with van der Waals surface area (Å²) in [5, 5.41) is 9.76. The number of para-hydroxylation sites is 1. The highest BCUT2D eigenvalue weighted by Gasteiger charge is 2.58. The first-order valence-electron chi connectivity index (χ1n) is 9.94. The molecule has 1 aromatic heterocycles. The second-order valence-corrected chi connectivity index (χ2v) is 8.37. The molecule has 1 aliphatic heterocycles. The van der Waals surface area contributed by atoms with Crippen LogP contribution in [0.3, 0.4) is 0 Å². The summed E-state index contributed by atoms with van der Waals surface area (Å²) >= 11 is 0. The van der Waals surface area contributed by atoms with E-state index >= 15 is 0 Å². The molecule has 1 aromatic carbocycles. The average molecular weight is 363 g/mol. The fourth-order valence-corrected chi connectivity index (χ4v) is 5.81. The molecule has 27 heavy (non-hydrogen) atoms. The number of nitriles is 1. The minimum absolute atomic E-state index is 0.0425. The predicted octanol–water partition coefficient (Wildman–Crippen LogP) is 3.74. The summed E-state index contributed by atoms with van der Waals surface area (Å²) in [6.07, 6.45) is 3.87. The zero-order chi connectivity index (χ0) is 18.6. The summed E-state index contributed by atoms with van der Waals surface area (Å²) < 4.78 is 14.3. The van der Waals surface area contributed by atoms with Crippen LogP contribution >= 0.6 is 0 Å². The highest BCUT2D eigenvalue weighted by atomic mass is 16.7. The van der Waals surface area contributed by atoms with Gasteiger partial charge in [-0.25, -0.2) is 4.98 Å². The normalized spacial score (nSPS) is 31.3. The molecule has 2 aromatic rings. The third-order valence-electron chi connectivity index (χ3n) is 7.20. The van der Waals surface area contributed by atoms with E-state index in [-0.39, 0.29) is 5.41 Å². The first-order valence-corrected chi connectivity index (χ1v) is 9.94. The van der Waals surface area contributed by atoms with E-state index in [1.807, 2.05) is 18.2 Å². The van der Waals surface area contributed by atoms with E-state index in [0.29, 0.717) is 30.9 Å². The van der Waals surface area contributed by atoms with Gasteiger partial charge in [-0.3, -0.25) is 4.57 Å². The Balaban J connectivity index is 1.61. The van der Waals surface area contributed by atoms with Crippen LogP contribution in [0.2, 0.25) is 0 Å². The lowest BCUT2D eigenvalue weighted by Gasteiger charge is -2.53. The quantitative estimate of drug-likeness (QED) is 0.774. The molecule has 5 nitrogen and oxygen atoms in total. The number of rotatable bonds is 1. The zero-order valence-electron chi connectivity index (χ0n) is 15.9. The molecule has 3 atom stereocenters. The van der Waals surface area contributed by atoms with E-state index in [0.717, 1.165) is 37.1 Å². The molecule has 0 radical (unpaired) electrons. The standard InChI is InChI=1S/C22H25N3O2/c1-15-17-8-9-18-20(21(17,2)10-11-22(15)26-12-13-27-22)24-19(14-23)25(18)16-6-4-3-5-7-16/h3-7,15,17H,8-13H2,1-2H3/t15-,17-,21-/m0/s1. The Kier molecular flexibility index (Phi) is 3.72. The molecule has 2 fully saturated rings. The Morgan fingerprint density at radius 1 is 1.19 bits per heavy atom. The van der Waals surface area contributed by atoms with Crippen LogP contribution in [0.1, 0.15) is 50.3 Å². The highest BCUT2D eigenvalue weighted by Crippen LogP contribution is 2.56. The van der Waals surface area contributed by atoms with Crippen molar-refractivity contribution in [1.29, 1.82) is 5.26 Å². The van der Waals surface area contributed by atoms with Crippen molar-refractivity contribution in [2.75, 3.05) is 13.2 Å². The number of hydrogen-bond acceptors (Lipinski definition) is 4. The van der Waals surface area contributed by atoms with Crippen LogP contribution in [0.15, 0.2) is 30.3 Å². The van der Waals surface area contributed by atoms with Gasteiger partial charge in [0.05, 0.1) is 18.9 Å². The fraction of sp³-hybridized carbons (Fsp3) is 0.545. The molecule has 5 rings (SSSR count). The van der Waals surface area contributed by atoms with E-state index < -0.39 is 5.79 Å². The molecular formula is C22H25N3O2. The maximum Gasteiger partial charge on any atom is 0.217 e. The summed E-state index contributed by atoms with van der Waals surface area (Å²) in [6, 6.07) is 12.5. The van der Waals surface area contributed by atoms with Crippen LogP contribution in [-0.4, -0.2) is 28.6 Å². The van der Waals surface area contributed by atoms with Crippen molar-refractivity contribution in [3.8, 4) is 11.8 Å². The Bertz CT molecular complexity index is 908. The number of benzene rings is 1. The molecule has 140 valence electrons. The lowest BCUT2D eigenvalue weighted by atomic mass is 9.55. The number of aromatic nitrogens is 2. The van der Waals surface area contributed by atoms with Crippen molar-refractivity contribution in [1.82, 2.24) is 9.55 Å². The molecule has 3 aliphatic rings. The molecule has 1 saturated heterocycles. The van der Waals surface area contributed by atoms with Crippen molar-refractivity contribution in [3.05, 3.63) is 47.5 Å². The van der Waals surface area contributed by atoms with Gasteiger partial charge in [-0.1, -0.05) is 32.0 Å².